The molecule has 0 atom stereocenters. The smallest absolute Gasteiger partial charge is 0.303 e. The van der Waals surface area contributed by atoms with Crippen molar-refractivity contribution < 1.29 is 19.7 Å². The fourth-order valence-electron chi connectivity index (χ4n) is 1.82. The lowest BCUT2D eigenvalue weighted by molar-refractivity contribution is -0.136. The Hall–Kier alpha value is 0.430. The lowest BCUT2D eigenvalue weighted by Gasteiger charge is -2.13. The molecule has 0 aliphatic carbocycles. The number of carboxylic acids is 1. The van der Waals surface area contributed by atoms with Gasteiger partial charge >= 0.3 is 5.97 Å². The van der Waals surface area contributed by atoms with Crippen LogP contribution in [0.4, 0.5) is 0 Å². The summed E-state index contributed by atoms with van der Waals surface area (Å²) in [5.74, 6) is 0.851. The van der Waals surface area contributed by atoms with Gasteiger partial charge < -0.3 is 14.9 Å². The van der Waals surface area contributed by atoms with E-state index in [0.717, 1.165) is 25.6 Å². The first-order chi connectivity index (χ1) is 10.8. The van der Waals surface area contributed by atoms with Gasteiger partial charge in [0.05, 0.1) is 14.3 Å². The van der Waals surface area contributed by atoms with Gasteiger partial charge in [-0.1, -0.05) is 0 Å². The molecule has 0 radical (unpaired) electrons. The van der Waals surface area contributed by atoms with Gasteiger partial charge in [0.15, 0.2) is 5.75 Å². The predicted molar refractivity (Wildman–Crippen MR) is 121 cm³/mol. The summed E-state index contributed by atoms with van der Waals surface area (Å²) in [7, 11) is 0. The maximum atomic E-state index is 10.7. The Labute approximate surface area is 187 Å². The van der Waals surface area contributed by atoms with Crippen molar-refractivity contribution in [1.29, 1.82) is 0 Å². The maximum Gasteiger partial charge on any atom is 0.303 e. The van der Waals surface area contributed by atoms with Gasteiger partial charge in [-0.25, -0.2) is 0 Å². The van der Waals surface area contributed by atoms with E-state index in [0.29, 0.717) is 12.2 Å². The normalized spacial score (nSPS) is 10.6. The lowest BCUT2D eigenvalue weighted by Crippen LogP contribution is -1.99. The number of ether oxygens (including phenoxy) is 1. The molecule has 0 aliphatic rings. The van der Waals surface area contributed by atoms with E-state index in [1.165, 1.54) is 0 Å². The number of hydrogen-bond acceptors (Lipinski definition) is 3. The maximum absolute atomic E-state index is 10.7. The monoisotopic (exact) mass is 762 g/mol. The number of carboxylic acid groups (broad SMARTS) is 1. The van der Waals surface area contributed by atoms with Crippen LogP contribution in [-0.4, -0.2) is 16.2 Å². The topological polar surface area (TPSA) is 66.8 Å². The third-order valence-electron chi connectivity index (χ3n) is 2.90. The van der Waals surface area contributed by atoms with E-state index in [2.05, 4.69) is 90.4 Å². The van der Waals surface area contributed by atoms with Crippen LogP contribution in [0.3, 0.4) is 0 Å². The predicted octanol–water partition coefficient (Wildman–Crippen LogP) is 5.62. The van der Waals surface area contributed by atoms with Crippen LogP contribution < -0.4 is 4.74 Å². The number of halogens is 4. The van der Waals surface area contributed by atoms with E-state index in [1.54, 1.807) is 12.1 Å². The number of aromatic hydroxyl groups is 1. The molecule has 0 aromatic heterocycles. The second-order valence-electron chi connectivity index (χ2n) is 4.62. The molecule has 2 N–H and O–H groups in total. The molecule has 0 saturated carbocycles. The largest absolute Gasteiger partial charge is 0.506 e. The van der Waals surface area contributed by atoms with Crippen molar-refractivity contribution in [1.82, 2.24) is 0 Å². The van der Waals surface area contributed by atoms with E-state index in [4.69, 9.17) is 9.84 Å². The first-order valence-electron chi connectivity index (χ1n) is 6.33. The second-order valence-corrected chi connectivity index (χ2v) is 9.27. The summed E-state index contributed by atoms with van der Waals surface area (Å²) in [6.45, 7) is 0. The molecule has 0 bridgehead atoms. The standard InChI is InChI=1S/C15H10I4O4/c16-9-5-8(6-10(17)14(9)22)23-15-11(18)3-7(4-12(15)19)1-2-13(20)21/h3-6,22H,1-2H2,(H,20,21). The SMILES string of the molecule is O=C(O)CCc1cc(I)c(Oc2cc(I)c(O)c(I)c2)c(I)c1. The van der Waals surface area contributed by atoms with E-state index in [1.807, 2.05) is 12.1 Å². The number of phenols is 1. The fraction of sp³-hybridized carbons (Fsp3) is 0.133. The molecule has 0 saturated heterocycles. The number of hydrogen-bond donors (Lipinski definition) is 2. The van der Waals surface area contributed by atoms with Gasteiger partial charge in [0.25, 0.3) is 0 Å². The average molecular weight is 762 g/mol. The quantitative estimate of drug-likeness (QED) is 0.389. The zero-order valence-corrected chi connectivity index (χ0v) is 20.1. The van der Waals surface area contributed by atoms with E-state index < -0.39 is 5.97 Å². The Morgan fingerprint density at radius 3 is 1.96 bits per heavy atom. The van der Waals surface area contributed by atoms with Gasteiger partial charge in [-0.3, -0.25) is 4.79 Å². The van der Waals surface area contributed by atoms with E-state index >= 15 is 0 Å². The first-order valence-corrected chi connectivity index (χ1v) is 10.6. The number of aliphatic carboxylic acids is 1. The Morgan fingerprint density at radius 1 is 0.957 bits per heavy atom. The third kappa shape index (κ3) is 5.45. The number of phenolic OH excluding ortho intramolecular Hbond substituents is 1. The molecular weight excluding hydrogens is 752 g/mol. The van der Waals surface area contributed by atoms with Crippen LogP contribution in [0, 0.1) is 14.3 Å². The Kier molecular flexibility index (Phi) is 7.46. The van der Waals surface area contributed by atoms with Crippen molar-refractivity contribution in [3.8, 4) is 17.2 Å². The summed E-state index contributed by atoms with van der Waals surface area (Å²) < 4.78 is 9.29. The zero-order valence-electron chi connectivity index (χ0n) is 11.4. The Bertz CT molecular complexity index is 715. The summed E-state index contributed by atoms with van der Waals surface area (Å²) in [5.41, 5.74) is 0.975. The molecule has 8 heteroatoms. The van der Waals surface area contributed by atoms with E-state index in [9.17, 15) is 9.90 Å². The molecule has 2 aromatic carbocycles. The molecule has 2 aromatic rings. The van der Waals surface area contributed by atoms with Crippen molar-refractivity contribution in [2.75, 3.05) is 0 Å². The third-order valence-corrected chi connectivity index (χ3v) is 6.14. The van der Waals surface area contributed by atoms with Gasteiger partial charge in [0.2, 0.25) is 0 Å². The fourth-order valence-corrected chi connectivity index (χ4v) is 5.65. The molecule has 0 spiro atoms. The highest BCUT2D eigenvalue weighted by atomic mass is 127. The summed E-state index contributed by atoms with van der Waals surface area (Å²) in [6, 6.07) is 7.44. The molecule has 0 heterocycles. The average Bonchev–Trinajstić information content (AvgIpc) is 2.46. The van der Waals surface area contributed by atoms with Gasteiger partial charge in [0, 0.05) is 6.42 Å². The Balaban J connectivity index is 2.28. The second kappa shape index (κ2) is 8.69. The first kappa shape index (κ1) is 19.8. The summed E-state index contributed by atoms with van der Waals surface area (Å²) >= 11 is 8.51. The van der Waals surface area contributed by atoms with Crippen molar-refractivity contribution >= 4 is 96.3 Å². The van der Waals surface area contributed by atoms with Crippen LogP contribution >= 0.6 is 90.4 Å². The molecule has 0 amide bonds. The van der Waals surface area contributed by atoms with E-state index in [-0.39, 0.29) is 12.2 Å². The highest BCUT2D eigenvalue weighted by Gasteiger charge is 2.13. The summed E-state index contributed by atoms with van der Waals surface area (Å²) in [6.07, 6.45) is 0.608. The minimum absolute atomic E-state index is 0.112. The van der Waals surface area contributed by atoms with Gasteiger partial charge in [-0.15, -0.1) is 0 Å². The number of aryl methyl sites for hydroxylation is 1. The summed E-state index contributed by atoms with van der Waals surface area (Å²) in [4.78, 5) is 10.7. The van der Waals surface area contributed by atoms with Crippen molar-refractivity contribution in [3.05, 3.63) is 44.1 Å². The molecule has 0 fully saturated rings. The van der Waals surface area contributed by atoms with Gasteiger partial charge in [-0.05, 0) is 127 Å². The van der Waals surface area contributed by atoms with Crippen molar-refractivity contribution in [2.24, 2.45) is 0 Å². The molecule has 122 valence electrons. The lowest BCUT2D eigenvalue weighted by atomic mass is 10.1. The van der Waals surface area contributed by atoms with Crippen LogP contribution in [-0.2, 0) is 11.2 Å². The summed E-state index contributed by atoms with van der Waals surface area (Å²) in [5, 5.41) is 18.6. The number of benzene rings is 2. The van der Waals surface area contributed by atoms with Gasteiger partial charge in [-0.2, -0.15) is 0 Å². The Morgan fingerprint density at radius 2 is 1.48 bits per heavy atom. The highest BCUT2D eigenvalue weighted by molar-refractivity contribution is 14.1. The van der Waals surface area contributed by atoms with Crippen LogP contribution in [0.5, 0.6) is 17.2 Å². The van der Waals surface area contributed by atoms with Crippen LogP contribution in [0.2, 0.25) is 0 Å². The highest BCUT2D eigenvalue weighted by Crippen LogP contribution is 2.36. The molecule has 0 unspecified atom stereocenters. The molecule has 0 aliphatic heterocycles. The van der Waals surface area contributed by atoms with Gasteiger partial charge in [0.1, 0.15) is 11.5 Å². The minimum Gasteiger partial charge on any atom is -0.506 e. The van der Waals surface area contributed by atoms with Crippen LogP contribution in [0.25, 0.3) is 0 Å². The number of carbonyl (C=O) groups is 1. The van der Waals surface area contributed by atoms with Crippen LogP contribution in [0.1, 0.15) is 12.0 Å². The molecule has 4 nitrogen and oxygen atoms in total. The van der Waals surface area contributed by atoms with Crippen molar-refractivity contribution in [2.45, 2.75) is 12.8 Å². The zero-order chi connectivity index (χ0) is 17.1. The van der Waals surface area contributed by atoms with Crippen LogP contribution in [0.15, 0.2) is 24.3 Å². The molecule has 2 rings (SSSR count). The number of rotatable bonds is 5. The molecular formula is C15H10I4O4. The minimum atomic E-state index is -0.802. The molecule has 23 heavy (non-hydrogen) atoms. The van der Waals surface area contributed by atoms with Crippen molar-refractivity contribution in [3.63, 3.8) is 0 Å².